The maximum atomic E-state index is 12.5. The number of thiophene rings is 1. The van der Waals surface area contributed by atoms with Crippen LogP contribution in [0, 0.1) is 11.3 Å². The van der Waals surface area contributed by atoms with E-state index in [-0.39, 0.29) is 34.6 Å². The van der Waals surface area contributed by atoms with Crippen LogP contribution in [0.15, 0.2) is 41.9 Å². The number of oxime groups is 1. The molecule has 0 unspecified atom stereocenters. The molecule has 7 nitrogen and oxygen atoms in total. The van der Waals surface area contributed by atoms with Gasteiger partial charge in [0.15, 0.2) is 0 Å². The van der Waals surface area contributed by atoms with E-state index in [1.54, 1.807) is 12.1 Å². The lowest BCUT2D eigenvalue weighted by Gasteiger charge is -2.53. The lowest BCUT2D eigenvalue weighted by molar-refractivity contribution is -0.156. The molecule has 11 heteroatoms. The number of rotatable bonds is 8. The number of carbonyl (C=O) groups is 1. The average Bonchev–Trinajstić information content (AvgIpc) is 3.26. The van der Waals surface area contributed by atoms with Crippen molar-refractivity contribution in [3.8, 4) is 0 Å². The molecule has 1 aromatic heterocycles. The number of fused-ring (bicyclic) bond motifs is 3. The van der Waals surface area contributed by atoms with Crippen molar-refractivity contribution in [1.29, 1.82) is 0 Å². The van der Waals surface area contributed by atoms with Crippen LogP contribution < -0.4 is 4.72 Å². The molecule has 0 aliphatic heterocycles. The minimum absolute atomic E-state index is 0.0519. The second kappa shape index (κ2) is 10.7. The van der Waals surface area contributed by atoms with E-state index in [1.807, 2.05) is 6.92 Å². The molecule has 0 spiro atoms. The van der Waals surface area contributed by atoms with Crippen molar-refractivity contribution >= 4 is 64.9 Å². The molecule has 37 heavy (non-hydrogen) atoms. The van der Waals surface area contributed by atoms with E-state index in [2.05, 4.69) is 74.6 Å². The standard InChI is InChI=1S/C26H32Br2N2O5S2/c1-15(2)16-12-17-18(13-19(16)27)25(3)8-5-9-26(4,24(31)32)21(25)14-20(17)30-35-11-10-29-37(33,34)23-7-6-22(28)36-23/h6-7,12-13,15,21,29H,5,8-11,14H2,1-4H3,(H,31,32)/b30-20+/t21-,25-,26-/m1/s1. The Bertz CT molecular complexity index is 1340. The number of halogens is 2. The predicted molar refractivity (Wildman–Crippen MR) is 153 cm³/mol. The van der Waals surface area contributed by atoms with Gasteiger partial charge in [0.1, 0.15) is 10.8 Å². The Morgan fingerprint density at radius 1 is 1.27 bits per heavy atom. The number of aliphatic carboxylic acids is 1. The summed E-state index contributed by atoms with van der Waals surface area (Å²) in [5.74, 6) is -0.636. The molecule has 0 bridgehead atoms. The van der Waals surface area contributed by atoms with Crippen LogP contribution in [0.3, 0.4) is 0 Å². The topological polar surface area (TPSA) is 105 Å². The highest BCUT2D eigenvalue weighted by atomic mass is 79.9. The summed E-state index contributed by atoms with van der Waals surface area (Å²) in [4.78, 5) is 18.1. The van der Waals surface area contributed by atoms with Gasteiger partial charge < -0.3 is 9.94 Å². The fourth-order valence-corrected chi connectivity index (χ4v) is 9.76. The zero-order chi connectivity index (χ0) is 27.2. The van der Waals surface area contributed by atoms with Crippen LogP contribution in [0.2, 0.25) is 0 Å². The number of hydrogen-bond acceptors (Lipinski definition) is 6. The van der Waals surface area contributed by atoms with E-state index in [0.29, 0.717) is 18.6 Å². The first-order valence-electron chi connectivity index (χ1n) is 12.3. The summed E-state index contributed by atoms with van der Waals surface area (Å²) in [6.07, 6.45) is 2.87. The minimum Gasteiger partial charge on any atom is -0.481 e. The van der Waals surface area contributed by atoms with Gasteiger partial charge in [0, 0.05) is 16.6 Å². The molecular weight excluding hydrogens is 644 g/mol. The third kappa shape index (κ3) is 5.44. The van der Waals surface area contributed by atoms with Crippen molar-refractivity contribution < 1.29 is 23.2 Å². The van der Waals surface area contributed by atoms with Crippen molar-refractivity contribution in [3.63, 3.8) is 0 Å². The largest absolute Gasteiger partial charge is 0.481 e. The highest BCUT2D eigenvalue weighted by Gasteiger charge is 2.56. The fourth-order valence-electron chi connectivity index (χ4n) is 5.90. The van der Waals surface area contributed by atoms with Gasteiger partial charge in [-0.1, -0.05) is 48.3 Å². The van der Waals surface area contributed by atoms with Crippen LogP contribution in [0.5, 0.6) is 0 Å². The van der Waals surface area contributed by atoms with Gasteiger partial charge in [0.25, 0.3) is 0 Å². The van der Waals surface area contributed by atoms with E-state index in [4.69, 9.17) is 4.84 Å². The second-order valence-corrected chi connectivity index (χ2v) is 16.0. The summed E-state index contributed by atoms with van der Waals surface area (Å²) >= 11 is 8.17. The average molecular weight is 676 g/mol. The van der Waals surface area contributed by atoms with Crippen molar-refractivity contribution in [2.75, 3.05) is 13.2 Å². The molecule has 2 aliphatic rings. The Kier molecular flexibility index (Phi) is 8.32. The Morgan fingerprint density at radius 3 is 2.62 bits per heavy atom. The fraction of sp³-hybridized carbons (Fsp3) is 0.538. The van der Waals surface area contributed by atoms with E-state index >= 15 is 0 Å². The van der Waals surface area contributed by atoms with Crippen molar-refractivity contribution in [3.05, 3.63) is 49.2 Å². The smallest absolute Gasteiger partial charge is 0.309 e. The highest BCUT2D eigenvalue weighted by molar-refractivity contribution is 9.11. The van der Waals surface area contributed by atoms with Gasteiger partial charge in [-0.25, -0.2) is 13.1 Å². The van der Waals surface area contributed by atoms with Gasteiger partial charge in [-0.2, -0.15) is 0 Å². The zero-order valence-corrected chi connectivity index (χ0v) is 26.1. The molecule has 0 radical (unpaired) electrons. The lowest BCUT2D eigenvalue weighted by Crippen LogP contribution is -2.53. The summed E-state index contributed by atoms with van der Waals surface area (Å²) in [6.45, 7) is 8.42. The quantitative estimate of drug-likeness (QED) is 0.241. The zero-order valence-electron chi connectivity index (χ0n) is 21.3. The van der Waals surface area contributed by atoms with Crippen LogP contribution in [-0.4, -0.2) is 38.4 Å². The number of carboxylic acids is 1. The molecule has 4 rings (SSSR count). The Hall–Kier alpha value is -1.27. The number of sulfonamides is 1. The number of hydrogen-bond donors (Lipinski definition) is 2. The minimum atomic E-state index is -3.62. The van der Waals surface area contributed by atoms with E-state index < -0.39 is 21.4 Å². The summed E-state index contributed by atoms with van der Waals surface area (Å²) in [5, 5.41) is 14.7. The first-order valence-corrected chi connectivity index (χ1v) is 16.2. The molecule has 0 amide bonds. The monoisotopic (exact) mass is 674 g/mol. The SMILES string of the molecule is CC(C)c1cc2c(cc1Br)[C@@]1(C)CCC[C@@](C)(C(=O)O)[C@@H]1C/C2=N\OCCNS(=O)(=O)c1ccc(Br)s1. The molecule has 0 saturated heterocycles. The highest BCUT2D eigenvalue weighted by Crippen LogP contribution is 2.58. The van der Waals surface area contributed by atoms with Crippen LogP contribution in [0.25, 0.3) is 0 Å². The van der Waals surface area contributed by atoms with Crippen LogP contribution in [-0.2, 0) is 25.1 Å². The third-order valence-electron chi connectivity index (χ3n) is 7.98. The van der Waals surface area contributed by atoms with E-state index in [0.717, 1.165) is 49.1 Å². The molecule has 2 aliphatic carbocycles. The van der Waals surface area contributed by atoms with E-state index in [1.165, 1.54) is 0 Å². The molecule has 3 atom stereocenters. The van der Waals surface area contributed by atoms with Crippen LogP contribution in [0.4, 0.5) is 0 Å². The first kappa shape index (κ1) is 28.7. The van der Waals surface area contributed by atoms with Crippen LogP contribution >= 0.6 is 43.2 Å². The third-order valence-corrected chi connectivity index (χ3v) is 12.2. The van der Waals surface area contributed by atoms with Gasteiger partial charge >= 0.3 is 5.97 Å². The molecule has 1 heterocycles. The van der Waals surface area contributed by atoms with Gasteiger partial charge in [-0.05, 0) is 94.8 Å². The lowest BCUT2D eigenvalue weighted by atomic mass is 9.49. The Labute approximate surface area is 239 Å². The van der Waals surface area contributed by atoms with Gasteiger partial charge in [-0.3, -0.25) is 4.79 Å². The van der Waals surface area contributed by atoms with Gasteiger partial charge in [0.2, 0.25) is 10.0 Å². The van der Waals surface area contributed by atoms with Crippen molar-refractivity contribution in [2.24, 2.45) is 16.5 Å². The molecular formula is C26H32Br2N2O5S2. The summed E-state index contributed by atoms with van der Waals surface area (Å²) in [6, 6.07) is 7.53. The number of nitrogens with zero attached hydrogens (tertiary/aromatic N) is 1. The van der Waals surface area contributed by atoms with E-state index in [9.17, 15) is 18.3 Å². The molecule has 1 fully saturated rings. The first-order chi connectivity index (χ1) is 17.3. The molecule has 1 aromatic carbocycles. The number of nitrogens with one attached hydrogen (secondary N) is 1. The Morgan fingerprint density at radius 2 is 2.00 bits per heavy atom. The summed E-state index contributed by atoms with van der Waals surface area (Å²) in [7, 11) is -3.62. The molecule has 2 N–H and O–H groups in total. The van der Waals surface area contributed by atoms with Gasteiger partial charge in [0.05, 0.1) is 14.9 Å². The molecule has 202 valence electrons. The van der Waals surface area contributed by atoms with Gasteiger partial charge in [-0.15, -0.1) is 11.3 Å². The normalized spacial score (nSPS) is 26.7. The summed E-state index contributed by atoms with van der Waals surface area (Å²) < 4.78 is 29.4. The predicted octanol–water partition coefficient (Wildman–Crippen LogP) is 6.65. The molecule has 2 aromatic rings. The van der Waals surface area contributed by atoms with Crippen LogP contribution in [0.1, 0.15) is 76.0 Å². The Balaban J connectivity index is 1.63. The maximum absolute atomic E-state index is 12.5. The second-order valence-electron chi connectivity index (χ2n) is 10.7. The number of carboxylic acid groups (broad SMARTS) is 1. The summed E-state index contributed by atoms with van der Waals surface area (Å²) in [5.41, 5.74) is 2.77. The maximum Gasteiger partial charge on any atom is 0.309 e. The molecule has 1 saturated carbocycles. The number of benzene rings is 1. The van der Waals surface area contributed by atoms with Crippen molar-refractivity contribution in [1.82, 2.24) is 4.72 Å². The van der Waals surface area contributed by atoms with Crippen molar-refractivity contribution in [2.45, 2.75) is 68.9 Å².